The van der Waals surface area contributed by atoms with E-state index in [1.807, 2.05) is 36.4 Å². The molecule has 13 aromatic rings. The van der Waals surface area contributed by atoms with E-state index in [1.54, 1.807) is 11.3 Å². The zero-order chi connectivity index (χ0) is 37.2. The largest absolute Gasteiger partial charge is 0.308 e. The van der Waals surface area contributed by atoms with Gasteiger partial charge < -0.3 is 8.97 Å². The number of para-hydroxylation sites is 3. The van der Waals surface area contributed by atoms with Gasteiger partial charge in [-0.2, -0.15) is 0 Å². The van der Waals surface area contributed by atoms with E-state index in [4.69, 9.17) is 15.0 Å². The summed E-state index contributed by atoms with van der Waals surface area (Å²) in [6, 6.07) is 62.9. The van der Waals surface area contributed by atoms with Crippen LogP contribution >= 0.6 is 11.3 Å². The summed E-state index contributed by atoms with van der Waals surface area (Å²) in [5, 5.41) is 10.0. The molecule has 6 heteroatoms. The SMILES string of the molecule is c1ccc(-c2nc(-c3ccccc3)nc(-c3ccc(-n4c5ccccc5c5cc6c7cccc8c9ccccc9n(c6cc54)c87)c4c3sc3ccccc34)n2)cc1. The molecule has 13 rings (SSSR count). The summed E-state index contributed by atoms with van der Waals surface area (Å²) < 4.78 is 7.33. The van der Waals surface area contributed by atoms with Crippen molar-refractivity contribution in [2.75, 3.05) is 0 Å². The monoisotopic (exact) mass is 743 g/mol. The van der Waals surface area contributed by atoms with Crippen molar-refractivity contribution in [3.63, 3.8) is 0 Å². The Labute approximate surface area is 329 Å². The number of hydrogen-bond donors (Lipinski definition) is 0. The van der Waals surface area contributed by atoms with Gasteiger partial charge >= 0.3 is 0 Å². The van der Waals surface area contributed by atoms with E-state index in [1.165, 1.54) is 75.4 Å². The van der Waals surface area contributed by atoms with Crippen LogP contribution < -0.4 is 0 Å². The maximum absolute atomic E-state index is 5.18. The number of nitrogens with zero attached hydrogens (tertiary/aromatic N) is 5. The van der Waals surface area contributed by atoms with Crippen molar-refractivity contribution in [3.8, 4) is 39.9 Å². The molecule has 0 radical (unpaired) electrons. The third-order valence-corrected chi connectivity index (χ3v) is 12.9. The number of fused-ring (bicyclic) bond motifs is 12. The second-order valence-electron chi connectivity index (χ2n) is 14.8. The second kappa shape index (κ2) is 11.6. The molecule has 0 bridgehead atoms. The molecule has 0 fully saturated rings. The van der Waals surface area contributed by atoms with E-state index in [0.717, 1.165) is 27.1 Å². The Morgan fingerprint density at radius 2 is 0.947 bits per heavy atom. The highest BCUT2D eigenvalue weighted by Crippen LogP contribution is 2.47. The number of thiophene rings is 1. The standard InChI is InChI=1S/C51H29N5S/c1-3-14-30(15-4-1)49-52-50(31-16-5-2-6-17-31)54-51(53-49)37-26-27-42(46-36-20-9-12-25-45(36)57-48(37)46)55-40-23-10-8-19-33(40)38-28-39-35-22-13-21-34-32-18-7-11-24-41(32)56(47(34)35)44(39)29-43(38)55/h1-29H. The van der Waals surface area contributed by atoms with Crippen molar-refractivity contribution in [2.45, 2.75) is 0 Å². The number of rotatable bonds is 4. The highest BCUT2D eigenvalue weighted by atomic mass is 32.1. The maximum Gasteiger partial charge on any atom is 0.165 e. The maximum atomic E-state index is 5.18. The van der Waals surface area contributed by atoms with E-state index < -0.39 is 0 Å². The Morgan fingerprint density at radius 3 is 1.68 bits per heavy atom. The first-order valence-electron chi connectivity index (χ1n) is 19.2. The number of aromatic nitrogens is 5. The molecule has 5 nitrogen and oxygen atoms in total. The predicted molar refractivity (Wildman–Crippen MR) is 238 cm³/mol. The summed E-state index contributed by atoms with van der Waals surface area (Å²) in [4.78, 5) is 15.4. The minimum absolute atomic E-state index is 0.654. The normalized spacial score (nSPS) is 12.2. The molecule has 0 aliphatic heterocycles. The lowest BCUT2D eigenvalue weighted by molar-refractivity contribution is 1.08. The fraction of sp³-hybridized carbons (Fsp3) is 0. The second-order valence-corrected chi connectivity index (χ2v) is 15.8. The molecule has 0 aliphatic rings. The molecule has 0 spiro atoms. The minimum atomic E-state index is 0.654. The lowest BCUT2D eigenvalue weighted by Crippen LogP contribution is -2.01. The first kappa shape index (κ1) is 30.9. The predicted octanol–water partition coefficient (Wildman–Crippen LogP) is 13.5. The molecule has 0 saturated heterocycles. The number of benzene rings is 8. The molecule has 0 atom stereocenters. The molecular weight excluding hydrogens is 715 g/mol. The van der Waals surface area contributed by atoms with E-state index >= 15 is 0 Å². The zero-order valence-corrected chi connectivity index (χ0v) is 31.2. The van der Waals surface area contributed by atoms with Gasteiger partial charge in [-0.05, 0) is 42.5 Å². The van der Waals surface area contributed by atoms with Gasteiger partial charge in [-0.25, -0.2) is 15.0 Å². The van der Waals surface area contributed by atoms with Crippen LogP contribution in [0.15, 0.2) is 176 Å². The van der Waals surface area contributed by atoms with E-state index in [9.17, 15) is 0 Å². The molecule has 0 saturated carbocycles. The highest BCUT2D eigenvalue weighted by Gasteiger charge is 2.24. The molecule has 57 heavy (non-hydrogen) atoms. The van der Waals surface area contributed by atoms with Gasteiger partial charge in [0.2, 0.25) is 0 Å². The summed E-state index contributed by atoms with van der Waals surface area (Å²) in [7, 11) is 0. The summed E-state index contributed by atoms with van der Waals surface area (Å²) in [5.74, 6) is 1.97. The van der Waals surface area contributed by atoms with Crippen LogP contribution in [0.1, 0.15) is 0 Å². The van der Waals surface area contributed by atoms with Crippen LogP contribution in [0.4, 0.5) is 0 Å². The van der Waals surface area contributed by atoms with Gasteiger partial charge in [0.25, 0.3) is 0 Å². The van der Waals surface area contributed by atoms with Crippen molar-refractivity contribution in [2.24, 2.45) is 0 Å². The van der Waals surface area contributed by atoms with Crippen LogP contribution in [0.3, 0.4) is 0 Å². The van der Waals surface area contributed by atoms with Gasteiger partial charge in [0.1, 0.15) is 0 Å². The lowest BCUT2D eigenvalue weighted by Gasteiger charge is -2.13. The van der Waals surface area contributed by atoms with Gasteiger partial charge in [0, 0.05) is 69.2 Å². The zero-order valence-electron chi connectivity index (χ0n) is 30.4. The van der Waals surface area contributed by atoms with Gasteiger partial charge in [0.15, 0.2) is 17.5 Å². The molecule has 0 unspecified atom stereocenters. The van der Waals surface area contributed by atoms with Crippen LogP contribution in [-0.2, 0) is 0 Å². The first-order chi connectivity index (χ1) is 28.3. The molecule has 0 N–H and O–H groups in total. The topological polar surface area (TPSA) is 48.0 Å². The van der Waals surface area contributed by atoms with Gasteiger partial charge in [0.05, 0.1) is 33.3 Å². The molecule has 264 valence electrons. The quantitative estimate of drug-likeness (QED) is 0.180. The third kappa shape index (κ3) is 4.30. The minimum Gasteiger partial charge on any atom is -0.308 e. The van der Waals surface area contributed by atoms with Crippen LogP contribution in [-0.4, -0.2) is 23.9 Å². The Hall–Kier alpha value is -7.41. The summed E-state index contributed by atoms with van der Waals surface area (Å²) >= 11 is 1.80. The molecule has 0 aliphatic carbocycles. The Bertz CT molecular complexity index is 3690. The van der Waals surface area contributed by atoms with E-state index in [2.05, 4.69) is 148 Å². The summed E-state index contributed by atoms with van der Waals surface area (Å²) in [6.45, 7) is 0. The van der Waals surface area contributed by atoms with E-state index in [0.29, 0.717) is 17.5 Å². The van der Waals surface area contributed by atoms with Crippen LogP contribution in [0.2, 0.25) is 0 Å². The highest BCUT2D eigenvalue weighted by molar-refractivity contribution is 7.26. The average molecular weight is 744 g/mol. The average Bonchev–Trinajstić information content (AvgIpc) is 4.02. The van der Waals surface area contributed by atoms with Crippen LogP contribution in [0, 0.1) is 0 Å². The van der Waals surface area contributed by atoms with Gasteiger partial charge in [-0.3, -0.25) is 0 Å². The Kier molecular flexibility index (Phi) is 6.26. The molecule has 5 aromatic heterocycles. The Balaban J connectivity index is 1.13. The smallest absolute Gasteiger partial charge is 0.165 e. The van der Waals surface area contributed by atoms with Gasteiger partial charge in [-0.15, -0.1) is 11.3 Å². The molecule has 0 amide bonds. The third-order valence-electron chi connectivity index (χ3n) is 11.7. The van der Waals surface area contributed by atoms with Gasteiger partial charge in [-0.1, -0.05) is 133 Å². The molecule has 8 aromatic carbocycles. The summed E-state index contributed by atoms with van der Waals surface area (Å²) in [6.07, 6.45) is 0. The molecular formula is C51H29N5S. The fourth-order valence-corrected chi connectivity index (χ4v) is 10.5. The van der Waals surface area contributed by atoms with Crippen molar-refractivity contribution in [3.05, 3.63) is 176 Å². The molecule has 5 heterocycles. The van der Waals surface area contributed by atoms with Crippen LogP contribution in [0.25, 0.3) is 120 Å². The van der Waals surface area contributed by atoms with Crippen molar-refractivity contribution < 1.29 is 0 Å². The number of hydrogen-bond acceptors (Lipinski definition) is 4. The fourth-order valence-electron chi connectivity index (χ4n) is 9.25. The van der Waals surface area contributed by atoms with Crippen molar-refractivity contribution in [1.82, 2.24) is 23.9 Å². The Morgan fingerprint density at radius 1 is 0.386 bits per heavy atom. The summed E-state index contributed by atoms with van der Waals surface area (Å²) in [5.41, 5.74) is 10.1. The van der Waals surface area contributed by atoms with Crippen LogP contribution in [0.5, 0.6) is 0 Å². The van der Waals surface area contributed by atoms with Crippen molar-refractivity contribution >= 4 is 91.4 Å². The van der Waals surface area contributed by atoms with E-state index in [-0.39, 0.29) is 0 Å². The first-order valence-corrected chi connectivity index (χ1v) is 20.0. The lowest BCUT2D eigenvalue weighted by atomic mass is 10.0. The van der Waals surface area contributed by atoms with Crippen molar-refractivity contribution in [1.29, 1.82) is 0 Å².